The smallest absolute Gasteiger partial charge is 0.0939 e. The van der Waals surface area contributed by atoms with E-state index in [4.69, 9.17) is 4.74 Å². The van der Waals surface area contributed by atoms with Crippen LogP contribution in [0.1, 0.15) is 17.8 Å². The molecule has 1 aromatic carbocycles. The molecule has 2 heterocycles. The summed E-state index contributed by atoms with van der Waals surface area (Å²) in [7, 11) is 0. The maximum absolute atomic E-state index is 5.34. The van der Waals surface area contributed by atoms with Crippen LogP contribution in [0.25, 0.3) is 10.2 Å². The van der Waals surface area contributed by atoms with E-state index in [1.165, 1.54) is 9.71 Å². The van der Waals surface area contributed by atoms with Crippen molar-refractivity contribution >= 4 is 21.6 Å². The molecule has 1 N–H and O–H groups in total. The number of benzene rings is 1. The first-order valence-corrected chi connectivity index (χ1v) is 7.39. The van der Waals surface area contributed by atoms with Gasteiger partial charge in [0.15, 0.2) is 0 Å². The van der Waals surface area contributed by atoms with E-state index in [9.17, 15) is 0 Å². The highest BCUT2D eigenvalue weighted by Crippen LogP contribution is 2.22. The van der Waals surface area contributed by atoms with Crippen LogP contribution >= 0.6 is 11.3 Å². The van der Waals surface area contributed by atoms with Gasteiger partial charge in [-0.25, -0.2) is 4.98 Å². The largest absolute Gasteiger partial charge is 0.380 e. The maximum Gasteiger partial charge on any atom is 0.0939 e. The number of ether oxygens (including phenoxy) is 1. The summed E-state index contributed by atoms with van der Waals surface area (Å²) in [5, 5.41) is 4.79. The Morgan fingerprint density at radius 2 is 2.33 bits per heavy atom. The second-order valence-corrected chi connectivity index (χ2v) is 5.81. The molecule has 0 saturated carbocycles. The summed E-state index contributed by atoms with van der Waals surface area (Å²) in [5.74, 6) is 0. The van der Waals surface area contributed by atoms with E-state index in [-0.39, 0.29) is 0 Å². The number of hydrogen-bond acceptors (Lipinski definition) is 4. The van der Waals surface area contributed by atoms with Crippen molar-refractivity contribution in [1.82, 2.24) is 10.3 Å². The summed E-state index contributed by atoms with van der Waals surface area (Å²) in [6, 6.07) is 8.92. The normalized spacial score (nSPS) is 19.7. The Balaban J connectivity index is 1.47. The molecule has 0 aliphatic carbocycles. The van der Waals surface area contributed by atoms with Crippen molar-refractivity contribution in [1.29, 1.82) is 0 Å². The van der Waals surface area contributed by atoms with E-state index in [2.05, 4.69) is 28.5 Å². The van der Waals surface area contributed by atoms with Gasteiger partial charge in [-0.2, -0.15) is 0 Å². The molecule has 0 spiro atoms. The van der Waals surface area contributed by atoms with Gasteiger partial charge < -0.3 is 10.1 Å². The molecule has 2 aromatic rings. The molecule has 1 unspecified atom stereocenters. The van der Waals surface area contributed by atoms with Gasteiger partial charge in [0, 0.05) is 19.1 Å². The van der Waals surface area contributed by atoms with Crippen molar-refractivity contribution in [2.45, 2.75) is 25.3 Å². The van der Waals surface area contributed by atoms with Crippen LogP contribution in [-0.4, -0.2) is 30.8 Å². The summed E-state index contributed by atoms with van der Waals surface area (Å²) in [6.45, 7) is 2.85. The minimum Gasteiger partial charge on any atom is -0.380 e. The first kappa shape index (κ1) is 12.1. The lowest BCUT2D eigenvalue weighted by molar-refractivity contribution is 0.190. The van der Waals surface area contributed by atoms with E-state index in [1.807, 2.05) is 17.4 Å². The zero-order chi connectivity index (χ0) is 12.2. The molecule has 0 bridgehead atoms. The minimum absolute atomic E-state index is 0.570. The average molecular weight is 262 g/mol. The molecule has 3 rings (SSSR count). The summed E-state index contributed by atoms with van der Waals surface area (Å²) in [5.41, 5.74) is 1.13. The van der Waals surface area contributed by atoms with E-state index in [0.29, 0.717) is 6.04 Å². The van der Waals surface area contributed by atoms with Gasteiger partial charge in [-0.05, 0) is 31.5 Å². The molecule has 0 amide bonds. The standard InChI is InChI=1S/C14H18N2OS/c1-2-5-13-12(4-1)16-14(18-13)6-3-8-15-11-7-9-17-10-11/h1-2,4-5,11,15H,3,6-10H2. The zero-order valence-corrected chi connectivity index (χ0v) is 11.2. The first-order valence-electron chi connectivity index (χ1n) is 6.57. The van der Waals surface area contributed by atoms with E-state index >= 15 is 0 Å². The Hall–Kier alpha value is -0.970. The van der Waals surface area contributed by atoms with Gasteiger partial charge in [-0.3, -0.25) is 0 Å². The van der Waals surface area contributed by atoms with Gasteiger partial charge in [0.2, 0.25) is 0 Å². The van der Waals surface area contributed by atoms with Crippen LogP contribution in [-0.2, 0) is 11.2 Å². The molecule has 96 valence electrons. The van der Waals surface area contributed by atoms with Gasteiger partial charge >= 0.3 is 0 Å². The number of hydrogen-bond donors (Lipinski definition) is 1. The monoisotopic (exact) mass is 262 g/mol. The predicted molar refractivity (Wildman–Crippen MR) is 75.2 cm³/mol. The Kier molecular flexibility index (Phi) is 3.88. The van der Waals surface area contributed by atoms with Gasteiger partial charge in [0.1, 0.15) is 0 Å². The number of aromatic nitrogens is 1. The highest BCUT2D eigenvalue weighted by molar-refractivity contribution is 7.18. The summed E-state index contributed by atoms with van der Waals surface area (Å²) < 4.78 is 6.64. The predicted octanol–water partition coefficient (Wildman–Crippen LogP) is 2.61. The molecule has 1 fully saturated rings. The highest BCUT2D eigenvalue weighted by Gasteiger charge is 2.13. The molecule has 18 heavy (non-hydrogen) atoms. The lowest BCUT2D eigenvalue weighted by Gasteiger charge is -2.09. The molecule has 0 radical (unpaired) electrons. The highest BCUT2D eigenvalue weighted by atomic mass is 32.1. The Morgan fingerprint density at radius 3 is 3.17 bits per heavy atom. The van der Waals surface area contributed by atoms with Crippen LogP contribution in [0.2, 0.25) is 0 Å². The summed E-state index contributed by atoms with van der Waals surface area (Å²) in [6.07, 6.45) is 3.37. The maximum atomic E-state index is 5.34. The van der Waals surface area contributed by atoms with Crippen molar-refractivity contribution in [3.05, 3.63) is 29.3 Å². The number of aryl methyl sites for hydroxylation is 1. The van der Waals surface area contributed by atoms with Crippen molar-refractivity contribution in [3.8, 4) is 0 Å². The third-order valence-corrected chi connectivity index (χ3v) is 4.36. The molecule has 3 nitrogen and oxygen atoms in total. The summed E-state index contributed by atoms with van der Waals surface area (Å²) in [4.78, 5) is 4.65. The number of nitrogens with zero attached hydrogens (tertiary/aromatic N) is 1. The molecular formula is C14H18N2OS. The van der Waals surface area contributed by atoms with Crippen molar-refractivity contribution in [2.75, 3.05) is 19.8 Å². The van der Waals surface area contributed by atoms with Gasteiger partial charge in [-0.15, -0.1) is 11.3 Å². The molecule has 1 saturated heterocycles. The van der Waals surface area contributed by atoms with E-state index < -0.39 is 0 Å². The quantitative estimate of drug-likeness (QED) is 0.841. The topological polar surface area (TPSA) is 34.1 Å². The number of fused-ring (bicyclic) bond motifs is 1. The van der Waals surface area contributed by atoms with Crippen LogP contribution in [0.3, 0.4) is 0 Å². The molecule has 1 atom stereocenters. The van der Waals surface area contributed by atoms with Crippen molar-refractivity contribution in [3.63, 3.8) is 0 Å². The molecule has 1 aromatic heterocycles. The van der Waals surface area contributed by atoms with E-state index in [0.717, 1.165) is 44.5 Å². The van der Waals surface area contributed by atoms with E-state index in [1.54, 1.807) is 0 Å². The fraction of sp³-hybridized carbons (Fsp3) is 0.500. The second-order valence-electron chi connectivity index (χ2n) is 4.69. The number of thiazole rings is 1. The van der Waals surface area contributed by atoms with Crippen LogP contribution in [0.15, 0.2) is 24.3 Å². The molecule has 1 aliphatic rings. The number of para-hydroxylation sites is 1. The average Bonchev–Trinajstić information content (AvgIpc) is 3.03. The van der Waals surface area contributed by atoms with Crippen LogP contribution in [0, 0.1) is 0 Å². The fourth-order valence-electron chi connectivity index (χ4n) is 2.27. The van der Waals surface area contributed by atoms with Crippen LogP contribution in [0.4, 0.5) is 0 Å². The minimum atomic E-state index is 0.570. The number of rotatable bonds is 5. The van der Waals surface area contributed by atoms with Crippen molar-refractivity contribution in [2.24, 2.45) is 0 Å². The van der Waals surface area contributed by atoms with Gasteiger partial charge in [0.05, 0.1) is 21.8 Å². The second kappa shape index (κ2) is 5.78. The third-order valence-electron chi connectivity index (χ3n) is 3.27. The van der Waals surface area contributed by atoms with Crippen molar-refractivity contribution < 1.29 is 4.74 Å². The number of nitrogens with one attached hydrogen (secondary N) is 1. The Morgan fingerprint density at radius 1 is 1.39 bits per heavy atom. The third kappa shape index (κ3) is 2.88. The first-order chi connectivity index (χ1) is 8.92. The Bertz CT molecular complexity index is 472. The van der Waals surface area contributed by atoms with Crippen LogP contribution < -0.4 is 5.32 Å². The lowest BCUT2D eigenvalue weighted by atomic mass is 10.2. The molecule has 4 heteroatoms. The zero-order valence-electron chi connectivity index (χ0n) is 10.4. The van der Waals surface area contributed by atoms with Gasteiger partial charge in [0.25, 0.3) is 0 Å². The van der Waals surface area contributed by atoms with Gasteiger partial charge in [-0.1, -0.05) is 12.1 Å². The SMILES string of the molecule is c1ccc2sc(CCCNC3CCOC3)nc2c1. The molecular weight excluding hydrogens is 244 g/mol. The lowest BCUT2D eigenvalue weighted by Crippen LogP contribution is -2.30. The Labute approximate surface area is 111 Å². The van der Waals surface area contributed by atoms with Crippen LogP contribution in [0.5, 0.6) is 0 Å². The summed E-state index contributed by atoms with van der Waals surface area (Å²) >= 11 is 1.82. The molecule has 1 aliphatic heterocycles. The fourth-order valence-corrected chi connectivity index (χ4v) is 3.28.